The number of aromatic nitrogens is 2. The smallest absolute Gasteiger partial charge is 0.0991 e. The second kappa shape index (κ2) is 5.80. The van der Waals surface area contributed by atoms with E-state index in [0.717, 1.165) is 23.7 Å². The van der Waals surface area contributed by atoms with Crippen LogP contribution in [0.1, 0.15) is 42.0 Å². The van der Waals surface area contributed by atoms with E-state index in [1.165, 1.54) is 10.6 Å². The lowest BCUT2D eigenvalue weighted by Crippen LogP contribution is -2.16. The maximum Gasteiger partial charge on any atom is 0.0991 e. The minimum Gasteiger partial charge on any atom is -0.315 e. The fraction of sp³-hybridized carbons (Fsp3) is 0.467. The van der Waals surface area contributed by atoms with Gasteiger partial charge in [-0.25, -0.2) is 4.98 Å². The van der Waals surface area contributed by atoms with Crippen LogP contribution in [0.15, 0.2) is 24.4 Å². The van der Waals surface area contributed by atoms with E-state index in [0.29, 0.717) is 0 Å². The summed E-state index contributed by atoms with van der Waals surface area (Å²) in [5, 5.41) is 4.38. The number of hydrogen-bond acceptors (Lipinski definition) is 4. The molecule has 0 bridgehead atoms. The number of rotatable bonds is 4. The zero-order valence-corrected chi connectivity index (χ0v) is 12.8. The SMILES string of the molecule is CNCc1sc(Cc2ccccn2)nc1C(C)(C)C. The lowest BCUT2D eigenvalue weighted by atomic mass is 9.91. The normalized spacial score (nSPS) is 11.8. The predicted octanol–water partition coefficient (Wildman–Crippen LogP) is 3.15. The quantitative estimate of drug-likeness (QED) is 0.931. The molecule has 0 aromatic carbocycles. The molecule has 0 saturated heterocycles. The number of pyridine rings is 1. The summed E-state index contributed by atoms with van der Waals surface area (Å²) in [5.74, 6) is 0. The van der Waals surface area contributed by atoms with Gasteiger partial charge in [0, 0.05) is 35.1 Å². The third-order valence-electron chi connectivity index (χ3n) is 2.85. The molecule has 0 aliphatic heterocycles. The van der Waals surface area contributed by atoms with E-state index in [4.69, 9.17) is 4.98 Å². The van der Waals surface area contributed by atoms with Crippen LogP contribution < -0.4 is 5.32 Å². The van der Waals surface area contributed by atoms with E-state index >= 15 is 0 Å². The van der Waals surface area contributed by atoms with Gasteiger partial charge in [0.1, 0.15) is 0 Å². The highest BCUT2D eigenvalue weighted by Gasteiger charge is 2.22. The van der Waals surface area contributed by atoms with Gasteiger partial charge < -0.3 is 5.32 Å². The van der Waals surface area contributed by atoms with E-state index in [2.05, 4.69) is 37.1 Å². The summed E-state index contributed by atoms with van der Waals surface area (Å²) in [6.45, 7) is 7.52. The predicted molar refractivity (Wildman–Crippen MR) is 80.6 cm³/mol. The molecule has 0 unspecified atom stereocenters. The van der Waals surface area contributed by atoms with Gasteiger partial charge in [0.15, 0.2) is 0 Å². The fourth-order valence-corrected chi connectivity index (χ4v) is 3.31. The van der Waals surface area contributed by atoms with E-state index in [-0.39, 0.29) is 5.41 Å². The molecular formula is C15H21N3S. The topological polar surface area (TPSA) is 37.8 Å². The van der Waals surface area contributed by atoms with Crippen molar-refractivity contribution >= 4 is 11.3 Å². The summed E-state index contributed by atoms with van der Waals surface area (Å²) < 4.78 is 0. The van der Waals surface area contributed by atoms with Gasteiger partial charge in [-0.2, -0.15) is 0 Å². The van der Waals surface area contributed by atoms with Gasteiger partial charge in [0.25, 0.3) is 0 Å². The van der Waals surface area contributed by atoms with Crippen molar-refractivity contribution in [3.8, 4) is 0 Å². The van der Waals surface area contributed by atoms with Crippen molar-refractivity contribution in [2.45, 2.75) is 39.2 Å². The first-order chi connectivity index (χ1) is 9.00. The first-order valence-electron chi connectivity index (χ1n) is 6.54. The molecule has 2 rings (SSSR count). The Morgan fingerprint density at radius 1 is 1.26 bits per heavy atom. The summed E-state index contributed by atoms with van der Waals surface area (Å²) >= 11 is 1.79. The summed E-state index contributed by atoms with van der Waals surface area (Å²) in [6.07, 6.45) is 2.65. The van der Waals surface area contributed by atoms with Crippen molar-refractivity contribution in [2.24, 2.45) is 0 Å². The molecule has 3 nitrogen and oxygen atoms in total. The van der Waals surface area contributed by atoms with Gasteiger partial charge in [0.2, 0.25) is 0 Å². The second-order valence-corrected chi connectivity index (χ2v) is 6.83. The molecule has 2 aromatic heterocycles. The summed E-state index contributed by atoms with van der Waals surface area (Å²) in [5.41, 5.74) is 2.37. The summed E-state index contributed by atoms with van der Waals surface area (Å²) in [4.78, 5) is 10.5. The van der Waals surface area contributed by atoms with Crippen LogP contribution in [-0.4, -0.2) is 17.0 Å². The molecule has 102 valence electrons. The maximum atomic E-state index is 4.83. The molecule has 1 N–H and O–H groups in total. The Balaban J connectivity index is 2.27. The summed E-state index contributed by atoms with van der Waals surface area (Å²) in [6, 6.07) is 6.02. The highest BCUT2D eigenvalue weighted by molar-refractivity contribution is 7.11. The molecule has 2 heterocycles. The highest BCUT2D eigenvalue weighted by Crippen LogP contribution is 2.30. The Hall–Kier alpha value is -1.26. The number of nitrogens with one attached hydrogen (secondary N) is 1. The fourth-order valence-electron chi connectivity index (χ4n) is 2.00. The molecule has 2 aromatic rings. The van der Waals surface area contributed by atoms with Gasteiger partial charge in [-0.1, -0.05) is 26.8 Å². The minimum atomic E-state index is 0.0883. The average Bonchev–Trinajstić information content (AvgIpc) is 2.74. The zero-order chi connectivity index (χ0) is 13.9. The van der Waals surface area contributed by atoms with Crippen LogP contribution in [0.3, 0.4) is 0 Å². The lowest BCUT2D eigenvalue weighted by molar-refractivity contribution is 0.561. The van der Waals surface area contributed by atoms with Gasteiger partial charge >= 0.3 is 0 Å². The van der Waals surface area contributed by atoms with Crippen molar-refractivity contribution in [3.63, 3.8) is 0 Å². The lowest BCUT2D eigenvalue weighted by Gasteiger charge is -2.17. The van der Waals surface area contributed by atoms with Crippen LogP contribution in [0.4, 0.5) is 0 Å². The van der Waals surface area contributed by atoms with Gasteiger partial charge in [-0.15, -0.1) is 11.3 Å². The molecule has 19 heavy (non-hydrogen) atoms. The van der Waals surface area contributed by atoms with Gasteiger partial charge in [-0.05, 0) is 19.2 Å². The third kappa shape index (κ3) is 3.61. The molecule has 0 aliphatic carbocycles. The van der Waals surface area contributed by atoms with Crippen molar-refractivity contribution in [1.82, 2.24) is 15.3 Å². The van der Waals surface area contributed by atoms with Crippen LogP contribution in [-0.2, 0) is 18.4 Å². The largest absolute Gasteiger partial charge is 0.315 e. The molecule has 4 heteroatoms. The Labute approximate surface area is 119 Å². The number of nitrogens with zero attached hydrogens (tertiary/aromatic N) is 2. The van der Waals surface area contributed by atoms with Gasteiger partial charge in [-0.3, -0.25) is 4.98 Å². The average molecular weight is 275 g/mol. The second-order valence-electron chi connectivity index (χ2n) is 5.66. The van der Waals surface area contributed by atoms with Crippen LogP contribution in [0.25, 0.3) is 0 Å². The molecule has 0 saturated carbocycles. The Morgan fingerprint density at radius 3 is 2.63 bits per heavy atom. The van der Waals surface area contributed by atoms with Crippen LogP contribution in [0, 0.1) is 0 Å². The zero-order valence-electron chi connectivity index (χ0n) is 12.0. The van der Waals surface area contributed by atoms with Gasteiger partial charge in [0.05, 0.1) is 10.7 Å². The van der Waals surface area contributed by atoms with Crippen molar-refractivity contribution in [3.05, 3.63) is 45.7 Å². The van der Waals surface area contributed by atoms with Crippen LogP contribution >= 0.6 is 11.3 Å². The van der Waals surface area contributed by atoms with E-state index in [1.54, 1.807) is 11.3 Å². The number of hydrogen-bond donors (Lipinski definition) is 1. The Morgan fingerprint density at radius 2 is 2.05 bits per heavy atom. The molecule has 0 atom stereocenters. The third-order valence-corrected chi connectivity index (χ3v) is 3.90. The molecule has 0 radical (unpaired) electrons. The monoisotopic (exact) mass is 275 g/mol. The molecular weight excluding hydrogens is 254 g/mol. The molecule has 0 spiro atoms. The first kappa shape index (κ1) is 14.2. The van der Waals surface area contributed by atoms with Crippen molar-refractivity contribution in [2.75, 3.05) is 7.05 Å². The Kier molecular flexibility index (Phi) is 4.32. The minimum absolute atomic E-state index is 0.0883. The van der Waals surface area contributed by atoms with Crippen LogP contribution in [0.2, 0.25) is 0 Å². The summed E-state index contributed by atoms with van der Waals surface area (Å²) in [7, 11) is 1.98. The number of thiazole rings is 1. The molecule has 0 aliphatic rings. The van der Waals surface area contributed by atoms with E-state index in [1.807, 2.05) is 25.4 Å². The van der Waals surface area contributed by atoms with Crippen molar-refractivity contribution in [1.29, 1.82) is 0 Å². The van der Waals surface area contributed by atoms with Crippen LogP contribution in [0.5, 0.6) is 0 Å². The first-order valence-corrected chi connectivity index (χ1v) is 7.36. The standard InChI is InChI=1S/C15H21N3S/c1-15(2,3)14-12(10-16-4)19-13(18-14)9-11-7-5-6-8-17-11/h5-8,16H,9-10H2,1-4H3. The maximum absolute atomic E-state index is 4.83. The van der Waals surface area contributed by atoms with E-state index in [9.17, 15) is 0 Å². The molecule has 0 fully saturated rings. The molecule has 0 amide bonds. The van der Waals surface area contributed by atoms with E-state index < -0.39 is 0 Å². The highest BCUT2D eigenvalue weighted by atomic mass is 32.1. The van der Waals surface area contributed by atoms with Crippen molar-refractivity contribution < 1.29 is 0 Å². The Bertz CT molecular complexity index is 526.